The summed E-state index contributed by atoms with van der Waals surface area (Å²) in [6.07, 6.45) is 0. The van der Waals surface area contributed by atoms with Crippen LogP contribution in [0.2, 0.25) is 0 Å². The molecule has 0 fully saturated rings. The molecule has 0 spiro atoms. The van der Waals surface area contributed by atoms with E-state index in [1.54, 1.807) is 0 Å². The molecule has 0 aliphatic rings. The van der Waals surface area contributed by atoms with Crippen LogP contribution in [0.3, 0.4) is 0 Å². The van der Waals surface area contributed by atoms with E-state index in [2.05, 4.69) is 23.6 Å². The number of hydrogen-bond donors (Lipinski definition) is 6. The average Bonchev–Trinajstić information content (AvgIpc) is 2.16. The molecule has 0 aromatic heterocycles. The molecule has 6 N–H and O–H groups in total. The zero-order chi connectivity index (χ0) is 15.9. The smallest absolute Gasteiger partial charge is 0.319 e. The summed E-state index contributed by atoms with van der Waals surface area (Å²) in [7, 11) is 0. The Balaban J connectivity index is -0.0000000539. The molecule has 130 valence electrons. The van der Waals surface area contributed by atoms with E-state index in [-0.39, 0.29) is 14.9 Å². The maximum absolute atomic E-state index is 8.40. The van der Waals surface area contributed by atoms with E-state index in [0.29, 0.717) is 0 Å². The molecule has 0 aliphatic heterocycles. The topological polar surface area (TPSA) is 156 Å². The Labute approximate surface area is 137 Å². The summed E-state index contributed by atoms with van der Waals surface area (Å²) in [5, 5.41) is 0. The standard InChI is InChI=1S/C6H6.2CH4.2H3O3PS.H2O2S/c1-2-4-6-5-3-1;;;2*1-4(2,3)5;1-3-2/h1-6H;2*1H4;2*(H3,1,2,3,5);3H2. The molecule has 13 heteroatoms. The predicted octanol–water partition coefficient (Wildman–Crippen LogP) is 0.129. The molecule has 1 aromatic rings. The van der Waals surface area contributed by atoms with Gasteiger partial charge in [-0.2, -0.15) is 0 Å². The molecule has 0 unspecified atom stereocenters. The Morgan fingerprint density at radius 2 is 0.667 bits per heavy atom. The van der Waals surface area contributed by atoms with E-state index in [9.17, 15) is 0 Å². The molecule has 0 saturated heterocycles. The molecule has 1 rings (SSSR count). The van der Waals surface area contributed by atoms with E-state index in [0.717, 1.165) is 0 Å². The Morgan fingerprint density at radius 1 is 0.619 bits per heavy atom. The molecular weight excluding hydrogens is 382 g/mol. The Morgan fingerprint density at radius 3 is 0.714 bits per heavy atom. The molecular formula is C8H22O8P2S3. The van der Waals surface area contributed by atoms with E-state index in [1.165, 1.54) is 0 Å². The highest BCUT2D eigenvalue weighted by atomic mass is 32.5. The van der Waals surface area contributed by atoms with Gasteiger partial charge in [-0.1, -0.05) is 51.3 Å². The molecule has 0 atom stereocenters. The van der Waals surface area contributed by atoms with Gasteiger partial charge in [-0.25, -0.2) is 8.42 Å². The maximum Gasteiger partial charge on any atom is 0.319 e. The quantitative estimate of drug-likeness (QED) is 0.329. The van der Waals surface area contributed by atoms with Gasteiger partial charge in [0, 0.05) is 0 Å². The van der Waals surface area contributed by atoms with Crippen molar-refractivity contribution in [1.82, 2.24) is 0 Å². The van der Waals surface area contributed by atoms with Gasteiger partial charge in [0.05, 0.1) is 0 Å². The van der Waals surface area contributed by atoms with Gasteiger partial charge in [-0.05, 0) is 23.6 Å². The number of benzene rings is 1. The Kier molecular flexibility index (Phi) is 31.8. The van der Waals surface area contributed by atoms with Crippen molar-refractivity contribution in [1.29, 1.82) is 0 Å². The van der Waals surface area contributed by atoms with Crippen molar-refractivity contribution in [2.24, 2.45) is 0 Å². The van der Waals surface area contributed by atoms with Crippen LogP contribution in [-0.2, 0) is 35.2 Å². The second-order valence-electron chi connectivity index (χ2n) is 2.26. The lowest BCUT2D eigenvalue weighted by Crippen LogP contribution is -1.65. The number of hydrogen-bond acceptors (Lipinski definition) is 4. The van der Waals surface area contributed by atoms with Gasteiger partial charge in [0.1, 0.15) is 11.6 Å². The summed E-state index contributed by atoms with van der Waals surface area (Å²) in [4.78, 5) is 45.3. The minimum atomic E-state index is -3.81. The first-order chi connectivity index (χ1) is 8.41. The van der Waals surface area contributed by atoms with Crippen molar-refractivity contribution in [3.8, 4) is 0 Å². The molecule has 0 saturated carbocycles. The zero-order valence-electron chi connectivity index (χ0n) is 9.17. The zero-order valence-corrected chi connectivity index (χ0v) is 13.6. The first kappa shape index (κ1) is 33.0. The highest BCUT2D eigenvalue weighted by Crippen LogP contribution is 2.26. The van der Waals surface area contributed by atoms with Crippen molar-refractivity contribution in [3.05, 3.63) is 36.4 Å². The fourth-order valence-electron chi connectivity index (χ4n) is 0.385. The molecule has 1 aromatic carbocycles. The van der Waals surface area contributed by atoms with Crippen LogP contribution in [0.1, 0.15) is 14.9 Å². The van der Waals surface area contributed by atoms with E-state index < -0.39 is 25.0 Å². The minimum Gasteiger partial charge on any atom is -0.325 e. The van der Waals surface area contributed by atoms with Gasteiger partial charge in [0.25, 0.3) is 0 Å². The molecule has 0 bridgehead atoms. The third-order valence-corrected chi connectivity index (χ3v) is 0.667. The Bertz CT molecular complexity index is 363. The van der Waals surface area contributed by atoms with Crippen molar-refractivity contribution in [2.75, 3.05) is 0 Å². The summed E-state index contributed by atoms with van der Waals surface area (Å²) in [5.74, 6) is 0. The third-order valence-electron chi connectivity index (χ3n) is 0.667. The van der Waals surface area contributed by atoms with Crippen molar-refractivity contribution in [2.45, 2.75) is 14.9 Å². The second kappa shape index (κ2) is 20.2. The SMILES string of the molecule is C.C.O=[SH2]=O.OP(O)(O)=S.OP(O)(O)=S.c1ccccc1. The highest BCUT2D eigenvalue weighted by molar-refractivity contribution is 8.06. The van der Waals surface area contributed by atoms with Crippen LogP contribution in [0, 0.1) is 0 Å². The largest absolute Gasteiger partial charge is 0.325 e. The Hall–Kier alpha value is 0.230. The van der Waals surface area contributed by atoms with Crippen LogP contribution >= 0.6 is 13.4 Å². The lowest BCUT2D eigenvalue weighted by Gasteiger charge is -1.88. The summed E-state index contributed by atoms with van der Waals surface area (Å²) in [5.41, 5.74) is 0. The highest BCUT2D eigenvalue weighted by Gasteiger charge is 1.92. The first-order valence-electron chi connectivity index (χ1n) is 3.97. The summed E-state index contributed by atoms with van der Waals surface area (Å²) in [6.45, 7) is -7.61. The summed E-state index contributed by atoms with van der Waals surface area (Å²) < 4.78 is 16.8. The van der Waals surface area contributed by atoms with Gasteiger partial charge in [0.2, 0.25) is 0 Å². The van der Waals surface area contributed by atoms with Gasteiger partial charge < -0.3 is 29.4 Å². The minimum absolute atomic E-state index is 0. The lowest BCUT2D eigenvalue weighted by atomic mass is 10.4. The van der Waals surface area contributed by atoms with Gasteiger partial charge in [0.15, 0.2) is 0 Å². The molecule has 0 heterocycles. The second-order valence-corrected chi connectivity index (χ2v) is 7.42. The fourth-order valence-corrected chi connectivity index (χ4v) is 0.385. The predicted molar refractivity (Wildman–Crippen MR) is 93.5 cm³/mol. The molecule has 0 radical (unpaired) electrons. The molecule has 21 heavy (non-hydrogen) atoms. The lowest BCUT2D eigenvalue weighted by molar-refractivity contribution is 0.361. The van der Waals surface area contributed by atoms with Crippen LogP contribution in [0.4, 0.5) is 0 Å². The van der Waals surface area contributed by atoms with Crippen molar-refractivity contribution < 1.29 is 37.8 Å². The van der Waals surface area contributed by atoms with Crippen LogP contribution in [-0.4, -0.2) is 37.8 Å². The van der Waals surface area contributed by atoms with E-state index in [4.69, 9.17) is 37.8 Å². The number of rotatable bonds is 0. The molecule has 8 nitrogen and oxygen atoms in total. The van der Waals surface area contributed by atoms with Crippen molar-refractivity contribution >= 4 is 48.6 Å². The third kappa shape index (κ3) is 173. The fraction of sp³-hybridized carbons (Fsp3) is 0.250. The van der Waals surface area contributed by atoms with E-state index in [1.807, 2.05) is 36.4 Å². The van der Waals surface area contributed by atoms with Crippen LogP contribution in [0.15, 0.2) is 36.4 Å². The van der Waals surface area contributed by atoms with E-state index >= 15 is 0 Å². The van der Waals surface area contributed by atoms with Crippen molar-refractivity contribution in [3.63, 3.8) is 0 Å². The van der Waals surface area contributed by atoms with Crippen LogP contribution in [0.25, 0.3) is 0 Å². The van der Waals surface area contributed by atoms with Crippen LogP contribution in [0.5, 0.6) is 0 Å². The monoisotopic (exact) mass is 404 g/mol. The maximum atomic E-state index is 8.40. The average molecular weight is 404 g/mol. The van der Waals surface area contributed by atoms with Gasteiger partial charge >= 0.3 is 13.4 Å². The first-order valence-corrected chi connectivity index (χ1v) is 10.1. The van der Waals surface area contributed by atoms with Gasteiger partial charge in [-0.15, -0.1) is 0 Å². The van der Waals surface area contributed by atoms with Gasteiger partial charge in [-0.3, -0.25) is 0 Å². The summed E-state index contributed by atoms with van der Waals surface area (Å²) >= 11 is 5.79. The normalized spacial score (nSPS) is 8.67. The summed E-state index contributed by atoms with van der Waals surface area (Å²) in [6, 6.07) is 12.0. The molecule has 0 aliphatic carbocycles. The van der Waals surface area contributed by atoms with Crippen LogP contribution < -0.4 is 0 Å². The molecule has 0 amide bonds.